The third kappa shape index (κ3) is 2.86. The molecule has 0 N–H and O–H groups in total. The van der Waals surface area contributed by atoms with Gasteiger partial charge in [0.25, 0.3) is 5.91 Å². The molecule has 0 saturated carbocycles. The lowest BCUT2D eigenvalue weighted by Crippen LogP contribution is -2.33. The van der Waals surface area contributed by atoms with Gasteiger partial charge in [0.1, 0.15) is 0 Å². The minimum absolute atomic E-state index is 0.0504. The third-order valence-corrected chi connectivity index (χ3v) is 3.58. The fraction of sp³-hybridized carbons (Fsp3) is 0.312. The first kappa shape index (κ1) is 14.3. The highest BCUT2D eigenvalue weighted by molar-refractivity contribution is 5.93. The van der Waals surface area contributed by atoms with E-state index in [9.17, 15) is 4.79 Å². The van der Waals surface area contributed by atoms with Crippen molar-refractivity contribution in [1.82, 2.24) is 15.1 Å². The van der Waals surface area contributed by atoms with E-state index in [1.54, 1.807) is 18.1 Å². The highest BCUT2D eigenvalue weighted by atomic mass is 16.5. The molecular formula is C16H17N3O3. The second-order valence-corrected chi connectivity index (χ2v) is 5.01. The van der Waals surface area contributed by atoms with Gasteiger partial charge < -0.3 is 14.4 Å². The molecule has 114 valence electrons. The maximum Gasteiger partial charge on any atom is 0.255 e. The number of carbonyl (C=O) groups is 1. The highest BCUT2D eigenvalue weighted by Gasteiger charge is 2.21. The number of rotatable bonds is 2. The molecule has 3 rings (SSSR count). The van der Waals surface area contributed by atoms with E-state index in [1.165, 1.54) is 12.4 Å². The van der Waals surface area contributed by atoms with Crippen molar-refractivity contribution in [2.24, 2.45) is 0 Å². The minimum atomic E-state index is -0.0504. The number of nitrogens with zero attached hydrogens (tertiary/aromatic N) is 3. The van der Waals surface area contributed by atoms with Gasteiger partial charge in [-0.25, -0.2) is 0 Å². The van der Waals surface area contributed by atoms with Crippen LogP contribution in [-0.2, 0) is 6.54 Å². The van der Waals surface area contributed by atoms with Crippen LogP contribution in [0.15, 0.2) is 36.7 Å². The fourth-order valence-electron chi connectivity index (χ4n) is 2.50. The average Bonchev–Trinajstić information content (AvgIpc) is 2.55. The van der Waals surface area contributed by atoms with Crippen molar-refractivity contribution in [2.45, 2.75) is 13.0 Å². The molecule has 2 heterocycles. The van der Waals surface area contributed by atoms with Crippen LogP contribution in [0.3, 0.4) is 0 Å². The molecule has 2 aromatic rings. The molecule has 0 atom stereocenters. The fourth-order valence-corrected chi connectivity index (χ4v) is 2.50. The van der Waals surface area contributed by atoms with Crippen LogP contribution in [-0.4, -0.2) is 41.3 Å². The molecule has 0 fully saturated rings. The number of fused-ring (bicyclic) bond motifs is 1. The van der Waals surface area contributed by atoms with E-state index in [2.05, 4.69) is 10.2 Å². The molecule has 1 aliphatic rings. The molecule has 6 heteroatoms. The number of amides is 1. The molecule has 0 aliphatic carbocycles. The first-order valence-electron chi connectivity index (χ1n) is 7.14. The Hall–Kier alpha value is -2.63. The van der Waals surface area contributed by atoms with Gasteiger partial charge in [-0.1, -0.05) is 12.1 Å². The number of aromatic nitrogens is 2. The summed E-state index contributed by atoms with van der Waals surface area (Å²) in [5.74, 6) is 1.36. The number of benzene rings is 1. The Bertz CT molecular complexity index is 661. The zero-order valence-corrected chi connectivity index (χ0v) is 12.4. The van der Waals surface area contributed by atoms with E-state index in [0.717, 1.165) is 17.7 Å². The summed E-state index contributed by atoms with van der Waals surface area (Å²) in [5, 5.41) is 7.48. The number of hydrogen-bond donors (Lipinski definition) is 0. The van der Waals surface area contributed by atoms with Crippen molar-refractivity contribution in [3.05, 3.63) is 47.8 Å². The largest absolute Gasteiger partial charge is 0.493 e. The van der Waals surface area contributed by atoms with E-state index < -0.39 is 0 Å². The molecule has 22 heavy (non-hydrogen) atoms. The second-order valence-electron chi connectivity index (χ2n) is 5.01. The zero-order chi connectivity index (χ0) is 15.4. The Morgan fingerprint density at radius 3 is 3.00 bits per heavy atom. The number of para-hydroxylation sites is 1. The van der Waals surface area contributed by atoms with Gasteiger partial charge in [0.2, 0.25) is 0 Å². The lowest BCUT2D eigenvalue weighted by atomic mass is 10.1. The van der Waals surface area contributed by atoms with Crippen LogP contribution in [0.1, 0.15) is 22.3 Å². The summed E-state index contributed by atoms with van der Waals surface area (Å²) in [7, 11) is 1.61. The molecule has 1 aromatic carbocycles. The highest BCUT2D eigenvalue weighted by Crippen LogP contribution is 2.33. The number of methoxy groups -OCH3 is 1. The molecule has 6 nitrogen and oxygen atoms in total. The van der Waals surface area contributed by atoms with Crippen LogP contribution in [0.25, 0.3) is 0 Å². The predicted octanol–water partition coefficient (Wildman–Crippen LogP) is 1.91. The van der Waals surface area contributed by atoms with Gasteiger partial charge in [-0.3, -0.25) is 4.79 Å². The summed E-state index contributed by atoms with van der Waals surface area (Å²) < 4.78 is 11.1. The Kier molecular flexibility index (Phi) is 4.18. The van der Waals surface area contributed by atoms with E-state index in [0.29, 0.717) is 31.0 Å². The summed E-state index contributed by atoms with van der Waals surface area (Å²) in [5.41, 5.74) is 1.48. The van der Waals surface area contributed by atoms with Crippen molar-refractivity contribution in [3.63, 3.8) is 0 Å². The van der Waals surface area contributed by atoms with Gasteiger partial charge in [0, 0.05) is 18.7 Å². The Morgan fingerprint density at radius 2 is 2.23 bits per heavy atom. The molecule has 0 unspecified atom stereocenters. The number of carbonyl (C=O) groups excluding carboxylic acids is 1. The Morgan fingerprint density at radius 1 is 1.32 bits per heavy atom. The lowest BCUT2D eigenvalue weighted by Gasteiger charge is -2.27. The molecule has 1 aliphatic heterocycles. The Labute approximate surface area is 128 Å². The van der Waals surface area contributed by atoms with Gasteiger partial charge in [0.05, 0.1) is 31.7 Å². The van der Waals surface area contributed by atoms with Crippen LogP contribution in [0.5, 0.6) is 11.5 Å². The molecule has 0 bridgehead atoms. The van der Waals surface area contributed by atoms with Crippen molar-refractivity contribution in [1.29, 1.82) is 0 Å². The normalized spacial score (nSPS) is 14.3. The van der Waals surface area contributed by atoms with Gasteiger partial charge in [-0.15, -0.1) is 0 Å². The monoisotopic (exact) mass is 299 g/mol. The van der Waals surface area contributed by atoms with Crippen molar-refractivity contribution in [3.8, 4) is 11.5 Å². The first-order valence-corrected chi connectivity index (χ1v) is 7.14. The summed E-state index contributed by atoms with van der Waals surface area (Å²) in [4.78, 5) is 14.4. The van der Waals surface area contributed by atoms with Crippen LogP contribution in [0.2, 0.25) is 0 Å². The standard InChI is InChI=1S/C16H17N3O3/c1-21-14-5-2-4-13-11-19(8-3-9-22-15(13)14)16(20)12-6-7-17-18-10-12/h2,4-7,10H,3,8-9,11H2,1H3. The summed E-state index contributed by atoms with van der Waals surface area (Å²) in [6.07, 6.45) is 3.78. The van der Waals surface area contributed by atoms with E-state index in [-0.39, 0.29) is 5.91 Å². The molecule has 1 aromatic heterocycles. The van der Waals surface area contributed by atoms with Gasteiger partial charge >= 0.3 is 0 Å². The van der Waals surface area contributed by atoms with Crippen molar-refractivity contribution in [2.75, 3.05) is 20.3 Å². The summed E-state index contributed by atoms with van der Waals surface area (Å²) in [6, 6.07) is 7.39. The summed E-state index contributed by atoms with van der Waals surface area (Å²) in [6.45, 7) is 1.66. The summed E-state index contributed by atoms with van der Waals surface area (Å²) >= 11 is 0. The second kappa shape index (κ2) is 6.43. The van der Waals surface area contributed by atoms with Crippen LogP contribution >= 0.6 is 0 Å². The molecule has 0 spiro atoms. The van der Waals surface area contributed by atoms with Crippen LogP contribution in [0, 0.1) is 0 Å². The molecular weight excluding hydrogens is 282 g/mol. The Balaban J connectivity index is 1.90. The molecule has 0 radical (unpaired) electrons. The minimum Gasteiger partial charge on any atom is -0.493 e. The van der Waals surface area contributed by atoms with Crippen LogP contribution < -0.4 is 9.47 Å². The number of ether oxygens (including phenoxy) is 2. The predicted molar refractivity (Wildman–Crippen MR) is 79.9 cm³/mol. The van der Waals surface area contributed by atoms with E-state index in [1.807, 2.05) is 18.2 Å². The van der Waals surface area contributed by atoms with Gasteiger partial charge in [-0.2, -0.15) is 10.2 Å². The van der Waals surface area contributed by atoms with E-state index in [4.69, 9.17) is 9.47 Å². The maximum atomic E-state index is 12.6. The number of hydrogen-bond acceptors (Lipinski definition) is 5. The van der Waals surface area contributed by atoms with Gasteiger partial charge in [0.15, 0.2) is 11.5 Å². The zero-order valence-electron chi connectivity index (χ0n) is 12.4. The smallest absolute Gasteiger partial charge is 0.255 e. The SMILES string of the molecule is COc1cccc2c1OCCCN(C(=O)c1ccnnc1)C2. The lowest BCUT2D eigenvalue weighted by molar-refractivity contribution is 0.0720. The van der Waals surface area contributed by atoms with Crippen molar-refractivity contribution < 1.29 is 14.3 Å². The third-order valence-electron chi connectivity index (χ3n) is 3.58. The molecule has 1 amide bonds. The average molecular weight is 299 g/mol. The van der Waals surface area contributed by atoms with Gasteiger partial charge in [-0.05, 0) is 18.6 Å². The first-order chi connectivity index (χ1) is 10.8. The maximum absolute atomic E-state index is 12.6. The topological polar surface area (TPSA) is 64.6 Å². The van der Waals surface area contributed by atoms with Crippen molar-refractivity contribution >= 4 is 5.91 Å². The quantitative estimate of drug-likeness (QED) is 0.847. The van der Waals surface area contributed by atoms with Crippen LogP contribution in [0.4, 0.5) is 0 Å². The van der Waals surface area contributed by atoms with E-state index >= 15 is 0 Å². The molecule has 0 saturated heterocycles.